The Kier molecular flexibility index (Phi) is 5.67. The second-order valence-corrected chi connectivity index (χ2v) is 5.60. The van der Waals surface area contributed by atoms with E-state index in [1.165, 1.54) is 25.9 Å². The summed E-state index contributed by atoms with van der Waals surface area (Å²) in [6.07, 6.45) is 3.84. The molecule has 0 saturated carbocycles. The van der Waals surface area contributed by atoms with Crippen molar-refractivity contribution in [3.63, 3.8) is 0 Å². The minimum atomic E-state index is 0.591. The van der Waals surface area contributed by atoms with Gasteiger partial charge in [-0.2, -0.15) is 0 Å². The lowest BCUT2D eigenvalue weighted by Gasteiger charge is -2.30. The van der Waals surface area contributed by atoms with Crippen LogP contribution in [0.1, 0.15) is 31.7 Å². The molecule has 0 spiro atoms. The third-order valence-electron chi connectivity index (χ3n) is 3.79. The Balaban J connectivity index is 1.63. The van der Waals surface area contributed by atoms with E-state index in [0.29, 0.717) is 6.54 Å². The van der Waals surface area contributed by atoms with Crippen LogP contribution in [-0.2, 0) is 6.54 Å². The third-order valence-corrected chi connectivity index (χ3v) is 3.79. The molecule has 0 radical (unpaired) electrons. The fourth-order valence-corrected chi connectivity index (χ4v) is 2.69. The summed E-state index contributed by atoms with van der Waals surface area (Å²) in [5, 5.41) is 0. The largest absolute Gasteiger partial charge is 0.494 e. The molecule has 2 rings (SSSR count). The predicted octanol–water partition coefficient (Wildman–Crippen LogP) is 2.65. The highest BCUT2D eigenvalue weighted by Crippen LogP contribution is 2.16. The molecule has 1 saturated heterocycles. The van der Waals surface area contributed by atoms with Crippen molar-refractivity contribution in [1.82, 2.24) is 4.90 Å². The third kappa shape index (κ3) is 4.84. The van der Waals surface area contributed by atoms with Gasteiger partial charge in [-0.15, -0.1) is 0 Å². The van der Waals surface area contributed by atoms with Crippen molar-refractivity contribution in [3.05, 3.63) is 29.8 Å². The first-order valence-corrected chi connectivity index (χ1v) is 7.42. The molecule has 0 aliphatic carbocycles. The van der Waals surface area contributed by atoms with E-state index in [2.05, 4.69) is 11.8 Å². The number of rotatable bonds is 6. The molecular formula is C16H26N2O. The first kappa shape index (κ1) is 14.4. The molecular weight excluding hydrogens is 236 g/mol. The van der Waals surface area contributed by atoms with Gasteiger partial charge in [-0.3, -0.25) is 0 Å². The minimum absolute atomic E-state index is 0.591. The average Bonchev–Trinajstić information content (AvgIpc) is 2.44. The van der Waals surface area contributed by atoms with E-state index >= 15 is 0 Å². The molecule has 0 aromatic heterocycles. The number of hydrogen-bond donors (Lipinski definition) is 1. The first-order valence-electron chi connectivity index (χ1n) is 7.42. The summed E-state index contributed by atoms with van der Waals surface area (Å²) < 4.78 is 5.76. The van der Waals surface area contributed by atoms with Crippen molar-refractivity contribution < 1.29 is 4.74 Å². The maximum atomic E-state index is 5.76. The highest BCUT2D eigenvalue weighted by molar-refractivity contribution is 5.26. The van der Waals surface area contributed by atoms with Crippen LogP contribution in [0.25, 0.3) is 0 Å². The van der Waals surface area contributed by atoms with Gasteiger partial charge in [-0.05, 0) is 49.4 Å². The summed E-state index contributed by atoms with van der Waals surface area (Å²) >= 11 is 0. The van der Waals surface area contributed by atoms with Gasteiger partial charge in [0.2, 0.25) is 0 Å². The summed E-state index contributed by atoms with van der Waals surface area (Å²) in [5.74, 6) is 1.81. The van der Waals surface area contributed by atoms with Crippen molar-refractivity contribution in [1.29, 1.82) is 0 Å². The number of piperidine rings is 1. The molecule has 1 aliphatic rings. The van der Waals surface area contributed by atoms with E-state index < -0.39 is 0 Å². The van der Waals surface area contributed by atoms with Crippen LogP contribution in [-0.4, -0.2) is 31.1 Å². The van der Waals surface area contributed by atoms with E-state index in [9.17, 15) is 0 Å². The van der Waals surface area contributed by atoms with E-state index in [0.717, 1.165) is 36.8 Å². The topological polar surface area (TPSA) is 38.5 Å². The van der Waals surface area contributed by atoms with E-state index in [-0.39, 0.29) is 0 Å². The Morgan fingerprint density at radius 3 is 2.79 bits per heavy atom. The molecule has 1 atom stereocenters. The summed E-state index contributed by atoms with van der Waals surface area (Å²) in [5.41, 5.74) is 6.72. The average molecular weight is 262 g/mol. The first-order chi connectivity index (χ1) is 9.28. The maximum Gasteiger partial charge on any atom is 0.119 e. The number of hydrogen-bond acceptors (Lipinski definition) is 3. The van der Waals surface area contributed by atoms with Crippen LogP contribution in [0.15, 0.2) is 24.3 Å². The van der Waals surface area contributed by atoms with Crippen LogP contribution in [0.3, 0.4) is 0 Å². The number of nitrogens with zero attached hydrogens (tertiary/aromatic N) is 1. The molecule has 19 heavy (non-hydrogen) atoms. The lowest BCUT2D eigenvalue weighted by atomic mass is 10.0. The van der Waals surface area contributed by atoms with E-state index in [1.807, 2.05) is 24.3 Å². The molecule has 3 heteroatoms. The Hall–Kier alpha value is -1.06. The molecule has 1 aliphatic heterocycles. The lowest BCUT2D eigenvalue weighted by Crippen LogP contribution is -2.35. The Morgan fingerprint density at radius 2 is 2.11 bits per heavy atom. The fraction of sp³-hybridized carbons (Fsp3) is 0.625. The molecule has 1 unspecified atom stereocenters. The quantitative estimate of drug-likeness (QED) is 0.801. The van der Waals surface area contributed by atoms with Gasteiger partial charge in [0.1, 0.15) is 5.75 Å². The zero-order valence-corrected chi connectivity index (χ0v) is 12.0. The number of nitrogens with two attached hydrogens (primary N) is 1. The van der Waals surface area contributed by atoms with Crippen LogP contribution in [0.4, 0.5) is 0 Å². The van der Waals surface area contributed by atoms with Crippen molar-refractivity contribution in [2.75, 3.05) is 26.2 Å². The zero-order chi connectivity index (χ0) is 13.5. The standard InChI is InChI=1S/C16H26N2O/c1-14-4-2-9-18(13-14)10-3-11-19-16-7-5-15(12-17)6-8-16/h5-8,14H,2-4,9-13,17H2,1H3. The summed E-state index contributed by atoms with van der Waals surface area (Å²) in [6, 6.07) is 8.07. The minimum Gasteiger partial charge on any atom is -0.494 e. The van der Waals surface area contributed by atoms with Crippen molar-refractivity contribution >= 4 is 0 Å². The van der Waals surface area contributed by atoms with Gasteiger partial charge in [0.05, 0.1) is 6.61 Å². The number of ether oxygens (including phenoxy) is 1. The fourth-order valence-electron chi connectivity index (χ4n) is 2.69. The van der Waals surface area contributed by atoms with Gasteiger partial charge < -0.3 is 15.4 Å². The molecule has 1 aromatic carbocycles. The van der Waals surface area contributed by atoms with Gasteiger partial charge in [-0.1, -0.05) is 19.1 Å². The lowest BCUT2D eigenvalue weighted by molar-refractivity contribution is 0.170. The second-order valence-electron chi connectivity index (χ2n) is 5.60. The van der Waals surface area contributed by atoms with Gasteiger partial charge in [0.15, 0.2) is 0 Å². The van der Waals surface area contributed by atoms with Crippen molar-refractivity contribution in [2.45, 2.75) is 32.7 Å². The number of likely N-dealkylation sites (tertiary alicyclic amines) is 1. The van der Waals surface area contributed by atoms with Gasteiger partial charge >= 0.3 is 0 Å². The van der Waals surface area contributed by atoms with Crippen LogP contribution in [0, 0.1) is 5.92 Å². The molecule has 0 amide bonds. The molecule has 1 heterocycles. The van der Waals surface area contributed by atoms with Crippen LogP contribution in [0.5, 0.6) is 5.75 Å². The molecule has 2 N–H and O–H groups in total. The zero-order valence-electron chi connectivity index (χ0n) is 12.0. The molecule has 3 nitrogen and oxygen atoms in total. The van der Waals surface area contributed by atoms with Crippen LogP contribution >= 0.6 is 0 Å². The number of benzene rings is 1. The van der Waals surface area contributed by atoms with Gasteiger partial charge in [0, 0.05) is 19.6 Å². The SMILES string of the molecule is CC1CCCN(CCCOc2ccc(CN)cc2)C1. The Morgan fingerprint density at radius 1 is 1.32 bits per heavy atom. The molecule has 1 aromatic rings. The van der Waals surface area contributed by atoms with Crippen molar-refractivity contribution in [2.24, 2.45) is 11.7 Å². The smallest absolute Gasteiger partial charge is 0.119 e. The monoisotopic (exact) mass is 262 g/mol. The summed E-state index contributed by atoms with van der Waals surface area (Å²) in [6.45, 7) is 7.41. The Bertz CT molecular complexity index is 364. The normalized spacial score (nSPS) is 20.4. The van der Waals surface area contributed by atoms with Gasteiger partial charge in [-0.25, -0.2) is 0 Å². The molecule has 106 valence electrons. The molecule has 0 bridgehead atoms. The van der Waals surface area contributed by atoms with Crippen molar-refractivity contribution in [3.8, 4) is 5.75 Å². The van der Waals surface area contributed by atoms with E-state index in [1.54, 1.807) is 0 Å². The summed E-state index contributed by atoms with van der Waals surface area (Å²) in [7, 11) is 0. The van der Waals surface area contributed by atoms with Crippen LogP contribution in [0.2, 0.25) is 0 Å². The summed E-state index contributed by atoms with van der Waals surface area (Å²) in [4.78, 5) is 2.56. The Labute approximate surface area is 116 Å². The highest BCUT2D eigenvalue weighted by Gasteiger charge is 2.15. The van der Waals surface area contributed by atoms with Gasteiger partial charge in [0.25, 0.3) is 0 Å². The maximum absolute atomic E-state index is 5.76. The second kappa shape index (κ2) is 7.51. The van der Waals surface area contributed by atoms with E-state index in [4.69, 9.17) is 10.5 Å². The van der Waals surface area contributed by atoms with Crippen LogP contribution < -0.4 is 10.5 Å². The highest BCUT2D eigenvalue weighted by atomic mass is 16.5. The predicted molar refractivity (Wildman–Crippen MR) is 79.3 cm³/mol. The molecule has 1 fully saturated rings.